The molecule has 3 heteroatoms. The molecule has 0 saturated carbocycles. The van der Waals surface area contributed by atoms with Gasteiger partial charge in [0.1, 0.15) is 0 Å². The number of nitrogen functional groups attached to an aromatic ring is 1. The van der Waals surface area contributed by atoms with Crippen molar-refractivity contribution in [1.29, 1.82) is 5.26 Å². The van der Waals surface area contributed by atoms with Crippen LogP contribution in [-0.2, 0) is 0 Å². The number of nitriles is 1. The Kier molecular flexibility index (Phi) is 1.96. The van der Waals surface area contributed by atoms with Gasteiger partial charge in [-0.2, -0.15) is 5.26 Å². The van der Waals surface area contributed by atoms with Gasteiger partial charge in [-0.3, -0.25) is 4.98 Å². The Labute approximate surface area is 98.8 Å². The van der Waals surface area contributed by atoms with Gasteiger partial charge in [0, 0.05) is 29.2 Å². The van der Waals surface area contributed by atoms with Crippen LogP contribution in [0.5, 0.6) is 0 Å². The summed E-state index contributed by atoms with van der Waals surface area (Å²) in [5.74, 6) is 0. The van der Waals surface area contributed by atoms with Crippen molar-refractivity contribution in [3.8, 4) is 28.3 Å². The fourth-order valence-electron chi connectivity index (χ4n) is 2.10. The maximum Gasteiger partial charge on any atom is 0.0991 e. The van der Waals surface area contributed by atoms with Gasteiger partial charge in [0.05, 0.1) is 11.6 Å². The Morgan fingerprint density at radius 1 is 1.00 bits per heavy atom. The zero-order valence-corrected chi connectivity index (χ0v) is 9.01. The topological polar surface area (TPSA) is 62.7 Å². The van der Waals surface area contributed by atoms with Crippen molar-refractivity contribution >= 4 is 5.69 Å². The first kappa shape index (κ1) is 9.61. The summed E-state index contributed by atoms with van der Waals surface area (Å²) in [5, 5.41) is 8.88. The lowest BCUT2D eigenvalue weighted by molar-refractivity contribution is 1.36. The zero-order valence-electron chi connectivity index (χ0n) is 9.01. The summed E-state index contributed by atoms with van der Waals surface area (Å²) in [6.07, 6.45) is 3.50. The summed E-state index contributed by atoms with van der Waals surface area (Å²) in [4.78, 5) is 4.14. The predicted molar refractivity (Wildman–Crippen MR) is 66.6 cm³/mol. The van der Waals surface area contributed by atoms with Gasteiger partial charge >= 0.3 is 0 Å². The summed E-state index contributed by atoms with van der Waals surface area (Å²) in [5.41, 5.74) is 11.6. The molecule has 0 amide bonds. The Morgan fingerprint density at radius 2 is 1.76 bits per heavy atom. The first-order valence-corrected chi connectivity index (χ1v) is 5.26. The van der Waals surface area contributed by atoms with E-state index < -0.39 is 0 Å². The number of anilines is 1. The fraction of sp³-hybridized carbons (Fsp3) is 0. The first-order valence-electron chi connectivity index (χ1n) is 5.26. The molecule has 0 aromatic rings. The Bertz CT molecular complexity index is 682. The Hall–Kier alpha value is -2.60. The summed E-state index contributed by atoms with van der Waals surface area (Å²) >= 11 is 0. The molecule has 2 aliphatic carbocycles. The monoisotopic (exact) mass is 219 g/mol. The van der Waals surface area contributed by atoms with Crippen molar-refractivity contribution in [2.24, 2.45) is 0 Å². The Morgan fingerprint density at radius 3 is 2.53 bits per heavy atom. The van der Waals surface area contributed by atoms with Gasteiger partial charge < -0.3 is 5.73 Å². The zero-order chi connectivity index (χ0) is 11.8. The number of fused-ring (bicyclic) bond motifs is 4. The van der Waals surface area contributed by atoms with Crippen LogP contribution in [0.25, 0.3) is 22.3 Å². The van der Waals surface area contributed by atoms with E-state index in [0.717, 1.165) is 27.9 Å². The summed E-state index contributed by atoms with van der Waals surface area (Å²) < 4.78 is 0. The van der Waals surface area contributed by atoms with E-state index in [-0.39, 0.29) is 0 Å². The number of rotatable bonds is 0. The molecule has 3 nitrogen and oxygen atoms in total. The Balaban J connectivity index is 2.38. The largest absolute Gasteiger partial charge is 0.398 e. The van der Waals surface area contributed by atoms with Crippen LogP contribution in [0.15, 0.2) is 42.7 Å². The molecule has 2 N–H and O–H groups in total. The number of hydrogen-bond acceptors (Lipinski definition) is 3. The van der Waals surface area contributed by atoms with Crippen LogP contribution < -0.4 is 5.73 Å². The van der Waals surface area contributed by atoms with Crippen molar-refractivity contribution in [3.05, 3.63) is 48.3 Å². The molecule has 0 atom stereocenters. The van der Waals surface area contributed by atoms with Gasteiger partial charge in [-0.05, 0) is 29.3 Å². The highest BCUT2D eigenvalue weighted by molar-refractivity contribution is 6.06. The second kappa shape index (κ2) is 3.46. The van der Waals surface area contributed by atoms with E-state index in [9.17, 15) is 0 Å². The highest BCUT2D eigenvalue weighted by atomic mass is 14.7. The van der Waals surface area contributed by atoms with E-state index in [2.05, 4.69) is 11.1 Å². The molecule has 0 aromatic heterocycles. The van der Waals surface area contributed by atoms with Crippen molar-refractivity contribution in [2.75, 3.05) is 5.73 Å². The quantitative estimate of drug-likeness (QED) is 0.632. The molecule has 0 saturated heterocycles. The third-order valence-corrected chi connectivity index (χ3v) is 2.94. The average Bonchev–Trinajstić information content (AvgIpc) is 2.58. The third-order valence-electron chi connectivity index (χ3n) is 2.94. The molecule has 0 bridgehead atoms. The van der Waals surface area contributed by atoms with Crippen molar-refractivity contribution in [3.63, 3.8) is 0 Å². The standard InChI is InChI=1S/C14H9N3/c15-7-9-1-3-10-11(4-2-9)14-12(10)8-17-6-5-13(14)16/h1-6,8H,16H2. The molecule has 17 heavy (non-hydrogen) atoms. The highest BCUT2D eigenvalue weighted by Gasteiger charge is 2.22. The van der Waals surface area contributed by atoms with E-state index >= 15 is 0 Å². The van der Waals surface area contributed by atoms with Crippen molar-refractivity contribution in [1.82, 2.24) is 4.98 Å². The van der Waals surface area contributed by atoms with Crippen LogP contribution in [0.3, 0.4) is 0 Å². The normalized spacial score (nSPS) is 10.5. The van der Waals surface area contributed by atoms with Gasteiger partial charge in [-0.1, -0.05) is 12.1 Å². The molecule has 0 radical (unpaired) electrons. The third kappa shape index (κ3) is 1.31. The lowest BCUT2D eigenvalue weighted by atomic mass is 9.83. The average molecular weight is 219 g/mol. The molecule has 0 aromatic carbocycles. The molecule has 1 heterocycles. The molecule has 1 aliphatic heterocycles. The van der Waals surface area contributed by atoms with Crippen LogP contribution in [0.4, 0.5) is 5.69 Å². The predicted octanol–water partition coefficient (Wildman–Crippen LogP) is 2.75. The number of hydrogen-bond donors (Lipinski definition) is 1. The maximum absolute atomic E-state index is 8.88. The van der Waals surface area contributed by atoms with E-state index in [4.69, 9.17) is 11.0 Å². The molecular formula is C14H9N3. The molecule has 0 unspecified atom stereocenters. The minimum Gasteiger partial charge on any atom is -0.398 e. The van der Waals surface area contributed by atoms with E-state index in [1.54, 1.807) is 18.5 Å². The summed E-state index contributed by atoms with van der Waals surface area (Å²) in [7, 11) is 0. The maximum atomic E-state index is 8.88. The second-order valence-electron chi connectivity index (χ2n) is 3.90. The first-order chi connectivity index (χ1) is 8.31. The van der Waals surface area contributed by atoms with Gasteiger partial charge in [0.25, 0.3) is 0 Å². The summed E-state index contributed by atoms with van der Waals surface area (Å²) in [6, 6.07) is 11.4. The van der Waals surface area contributed by atoms with E-state index in [1.165, 1.54) is 0 Å². The fourth-order valence-corrected chi connectivity index (χ4v) is 2.10. The lowest BCUT2D eigenvalue weighted by Gasteiger charge is -2.20. The van der Waals surface area contributed by atoms with Crippen molar-refractivity contribution in [2.45, 2.75) is 0 Å². The number of nitrogens with two attached hydrogens (primary N) is 1. The second-order valence-corrected chi connectivity index (χ2v) is 3.90. The number of aromatic nitrogens is 1. The number of nitrogens with zero attached hydrogens (tertiary/aromatic N) is 2. The van der Waals surface area contributed by atoms with E-state index in [0.29, 0.717) is 5.56 Å². The molecule has 0 spiro atoms. The smallest absolute Gasteiger partial charge is 0.0991 e. The van der Waals surface area contributed by atoms with Crippen molar-refractivity contribution < 1.29 is 0 Å². The molecule has 80 valence electrons. The molecule has 3 rings (SSSR count). The minimum absolute atomic E-state index is 0.640. The van der Waals surface area contributed by atoms with Gasteiger partial charge in [-0.15, -0.1) is 0 Å². The molecular weight excluding hydrogens is 210 g/mol. The van der Waals surface area contributed by atoms with Gasteiger partial charge in [-0.25, -0.2) is 0 Å². The minimum atomic E-state index is 0.640. The highest BCUT2D eigenvalue weighted by Crippen LogP contribution is 2.48. The molecule has 0 fully saturated rings. The van der Waals surface area contributed by atoms with Gasteiger partial charge in [0.15, 0.2) is 0 Å². The summed E-state index contributed by atoms with van der Waals surface area (Å²) in [6.45, 7) is 0. The SMILES string of the molecule is N#Cc1ccc2c3cnccc(N)c-3c-2cc1. The van der Waals surface area contributed by atoms with E-state index in [1.807, 2.05) is 24.3 Å². The van der Waals surface area contributed by atoms with Crippen LogP contribution in [-0.4, -0.2) is 4.98 Å². The lowest BCUT2D eigenvalue weighted by Crippen LogP contribution is -1.98. The van der Waals surface area contributed by atoms with Gasteiger partial charge in [0.2, 0.25) is 0 Å². The van der Waals surface area contributed by atoms with Crippen LogP contribution in [0, 0.1) is 11.3 Å². The van der Waals surface area contributed by atoms with Crippen LogP contribution in [0.2, 0.25) is 0 Å². The van der Waals surface area contributed by atoms with Crippen LogP contribution in [0.1, 0.15) is 5.56 Å². The van der Waals surface area contributed by atoms with Crippen LogP contribution >= 0.6 is 0 Å². The molecule has 3 aliphatic rings.